The van der Waals surface area contributed by atoms with Gasteiger partial charge in [0.25, 0.3) is 5.69 Å². The number of nitro benzene ring substituents is 1. The zero-order valence-electron chi connectivity index (χ0n) is 14.6. The van der Waals surface area contributed by atoms with Crippen LogP contribution < -0.4 is 5.01 Å². The molecule has 0 saturated heterocycles. The summed E-state index contributed by atoms with van der Waals surface area (Å²) in [5.41, 5.74) is 2.67. The molecule has 0 fully saturated rings. The van der Waals surface area contributed by atoms with Crippen LogP contribution in [0.1, 0.15) is 42.3 Å². The number of benzene rings is 2. The first-order valence-electron chi connectivity index (χ1n) is 8.31. The van der Waals surface area contributed by atoms with Gasteiger partial charge in [0.1, 0.15) is 6.10 Å². The molecule has 2 aromatic carbocycles. The second kappa shape index (κ2) is 7.35. The number of hydrogen-bond donors (Lipinski definition) is 0. The number of rotatable bonds is 5. The van der Waals surface area contributed by atoms with Gasteiger partial charge in [-0.3, -0.25) is 15.1 Å². The highest BCUT2D eigenvalue weighted by Crippen LogP contribution is 2.28. The van der Waals surface area contributed by atoms with Crippen molar-refractivity contribution in [1.82, 2.24) is 0 Å². The van der Waals surface area contributed by atoms with Gasteiger partial charge in [-0.25, -0.2) is 4.79 Å². The fourth-order valence-electron chi connectivity index (χ4n) is 2.82. The Labute approximate surface area is 151 Å². The maximum atomic E-state index is 12.4. The first-order chi connectivity index (χ1) is 12.5. The van der Waals surface area contributed by atoms with Gasteiger partial charge >= 0.3 is 5.97 Å². The number of carbonyl (C=O) groups is 1. The monoisotopic (exact) mass is 353 g/mol. The van der Waals surface area contributed by atoms with Crippen LogP contribution in [0.3, 0.4) is 0 Å². The highest BCUT2D eigenvalue weighted by atomic mass is 16.6. The van der Waals surface area contributed by atoms with Crippen LogP contribution >= 0.6 is 0 Å². The van der Waals surface area contributed by atoms with Gasteiger partial charge in [0, 0.05) is 24.7 Å². The van der Waals surface area contributed by atoms with Gasteiger partial charge < -0.3 is 4.74 Å². The molecule has 1 unspecified atom stereocenters. The van der Waals surface area contributed by atoms with Crippen LogP contribution in [-0.4, -0.2) is 23.1 Å². The molecule has 7 nitrogen and oxygen atoms in total. The minimum absolute atomic E-state index is 0.0644. The molecule has 1 aliphatic heterocycles. The number of ether oxygens (including phenoxy) is 1. The number of hydrogen-bond acceptors (Lipinski definition) is 6. The maximum absolute atomic E-state index is 12.4. The van der Waals surface area contributed by atoms with Crippen molar-refractivity contribution in [2.45, 2.75) is 26.4 Å². The van der Waals surface area contributed by atoms with Crippen molar-refractivity contribution in [2.24, 2.45) is 5.10 Å². The van der Waals surface area contributed by atoms with Crippen LogP contribution in [-0.2, 0) is 4.74 Å². The van der Waals surface area contributed by atoms with Crippen molar-refractivity contribution in [3.63, 3.8) is 0 Å². The van der Waals surface area contributed by atoms with Crippen molar-refractivity contribution in [1.29, 1.82) is 0 Å². The van der Waals surface area contributed by atoms with E-state index in [1.807, 2.05) is 24.1 Å². The van der Waals surface area contributed by atoms with E-state index in [2.05, 4.69) is 5.10 Å². The zero-order chi connectivity index (χ0) is 18.7. The summed E-state index contributed by atoms with van der Waals surface area (Å²) < 4.78 is 5.41. The van der Waals surface area contributed by atoms with Gasteiger partial charge in [-0.15, -0.1) is 0 Å². The largest absolute Gasteiger partial charge is 0.454 e. The fourth-order valence-corrected chi connectivity index (χ4v) is 2.82. The Morgan fingerprint density at radius 3 is 2.54 bits per heavy atom. The number of nitro groups is 1. The third kappa shape index (κ3) is 3.72. The molecule has 134 valence electrons. The van der Waals surface area contributed by atoms with E-state index < -0.39 is 17.0 Å². The highest BCUT2D eigenvalue weighted by molar-refractivity contribution is 5.90. The van der Waals surface area contributed by atoms with Gasteiger partial charge in [-0.05, 0) is 44.2 Å². The molecule has 0 spiro atoms. The normalized spacial score (nSPS) is 14.7. The Morgan fingerprint density at radius 1 is 1.23 bits per heavy atom. The van der Waals surface area contributed by atoms with Crippen LogP contribution in [0, 0.1) is 10.1 Å². The minimum Gasteiger partial charge on any atom is -0.454 e. The van der Waals surface area contributed by atoms with E-state index in [9.17, 15) is 14.9 Å². The van der Waals surface area contributed by atoms with E-state index in [-0.39, 0.29) is 5.69 Å². The van der Waals surface area contributed by atoms with E-state index >= 15 is 0 Å². The Kier molecular flexibility index (Phi) is 4.97. The average Bonchev–Trinajstić information content (AvgIpc) is 3.08. The summed E-state index contributed by atoms with van der Waals surface area (Å²) in [6.45, 7) is 4.43. The topological polar surface area (TPSA) is 85.0 Å². The molecular weight excluding hydrogens is 334 g/mol. The molecule has 0 bridgehead atoms. The number of carbonyl (C=O) groups excluding carboxylic acids is 1. The van der Waals surface area contributed by atoms with Gasteiger partial charge in [0.15, 0.2) is 0 Å². The molecule has 2 aromatic rings. The van der Waals surface area contributed by atoms with Gasteiger partial charge in [-0.1, -0.05) is 12.1 Å². The molecule has 0 saturated carbocycles. The molecule has 1 heterocycles. The molecule has 0 aromatic heterocycles. The summed E-state index contributed by atoms with van der Waals surface area (Å²) in [5.74, 6) is -0.525. The lowest BCUT2D eigenvalue weighted by Crippen LogP contribution is -2.13. The highest BCUT2D eigenvalue weighted by Gasteiger charge is 2.22. The Hall–Kier alpha value is -3.22. The predicted molar refractivity (Wildman–Crippen MR) is 98.4 cm³/mol. The molecule has 0 amide bonds. The van der Waals surface area contributed by atoms with E-state index in [1.165, 1.54) is 6.07 Å². The van der Waals surface area contributed by atoms with Crippen molar-refractivity contribution >= 4 is 23.1 Å². The van der Waals surface area contributed by atoms with Gasteiger partial charge in [0.2, 0.25) is 0 Å². The van der Waals surface area contributed by atoms with Crippen molar-refractivity contribution in [3.8, 4) is 0 Å². The third-order valence-corrected chi connectivity index (χ3v) is 4.23. The number of hydrazone groups is 1. The molecule has 0 N–H and O–H groups in total. The van der Waals surface area contributed by atoms with Crippen LogP contribution in [0.4, 0.5) is 11.4 Å². The zero-order valence-corrected chi connectivity index (χ0v) is 14.6. The molecule has 0 radical (unpaired) electrons. The molecule has 1 aliphatic rings. The van der Waals surface area contributed by atoms with Crippen LogP contribution in [0.5, 0.6) is 0 Å². The summed E-state index contributed by atoms with van der Waals surface area (Å²) >= 11 is 0. The first kappa shape index (κ1) is 17.6. The van der Waals surface area contributed by atoms with Crippen molar-refractivity contribution in [2.75, 3.05) is 11.6 Å². The first-order valence-corrected chi connectivity index (χ1v) is 8.31. The van der Waals surface area contributed by atoms with Crippen LogP contribution in [0.15, 0.2) is 53.6 Å². The summed E-state index contributed by atoms with van der Waals surface area (Å²) in [4.78, 5) is 23.0. The van der Waals surface area contributed by atoms with Crippen molar-refractivity contribution < 1.29 is 14.5 Å². The van der Waals surface area contributed by atoms with Crippen LogP contribution in [0.25, 0.3) is 0 Å². The van der Waals surface area contributed by atoms with Crippen molar-refractivity contribution in [3.05, 3.63) is 69.8 Å². The summed E-state index contributed by atoms with van der Waals surface area (Å²) in [6.07, 6.45) is 0.201. The smallest absolute Gasteiger partial charge is 0.338 e. The predicted octanol–water partition coefficient (Wildman–Crippen LogP) is 4.10. The summed E-state index contributed by atoms with van der Waals surface area (Å²) in [7, 11) is 0. The SMILES string of the molecule is CC1=NN(c2ccc(C(=O)OC(C)c3ccccc3[N+](=O)[O-])cc2)CC1. The molecular formula is C19H19N3O4. The van der Waals surface area contributed by atoms with E-state index in [0.717, 1.165) is 24.4 Å². The number of esters is 1. The van der Waals surface area contributed by atoms with E-state index in [4.69, 9.17) is 4.74 Å². The molecule has 3 rings (SSSR count). The lowest BCUT2D eigenvalue weighted by atomic mass is 10.1. The average molecular weight is 353 g/mol. The minimum atomic E-state index is -0.727. The molecule has 26 heavy (non-hydrogen) atoms. The lowest BCUT2D eigenvalue weighted by Gasteiger charge is -2.15. The standard InChI is InChI=1S/C19H19N3O4/c1-13-11-12-21(20-13)16-9-7-15(8-10-16)19(23)26-14(2)17-5-3-4-6-18(17)22(24)25/h3-10,14H,11-12H2,1-2H3. The molecule has 7 heteroatoms. The number of anilines is 1. The lowest BCUT2D eigenvalue weighted by molar-refractivity contribution is -0.386. The Balaban J connectivity index is 1.71. The van der Waals surface area contributed by atoms with E-state index in [1.54, 1.807) is 37.3 Å². The fraction of sp³-hybridized carbons (Fsp3) is 0.263. The summed E-state index contributed by atoms with van der Waals surface area (Å²) in [5, 5.41) is 17.4. The second-order valence-electron chi connectivity index (χ2n) is 6.12. The number of nitrogens with zero attached hydrogens (tertiary/aromatic N) is 3. The molecule has 1 atom stereocenters. The summed E-state index contributed by atoms with van der Waals surface area (Å²) in [6, 6.07) is 13.2. The van der Waals surface area contributed by atoms with Gasteiger partial charge in [-0.2, -0.15) is 5.10 Å². The quantitative estimate of drug-likeness (QED) is 0.459. The third-order valence-electron chi connectivity index (χ3n) is 4.23. The maximum Gasteiger partial charge on any atom is 0.338 e. The Bertz CT molecular complexity index is 861. The van der Waals surface area contributed by atoms with E-state index in [0.29, 0.717) is 11.1 Å². The Morgan fingerprint density at radius 2 is 1.92 bits per heavy atom. The molecule has 0 aliphatic carbocycles. The number of para-hydroxylation sites is 1. The second-order valence-corrected chi connectivity index (χ2v) is 6.12. The van der Waals surface area contributed by atoms with Crippen LogP contribution in [0.2, 0.25) is 0 Å². The van der Waals surface area contributed by atoms with Gasteiger partial charge in [0.05, 0.1) is 21.7 Å².